The first kappa shape index (κ1) is 17.2. The molecule has 2 aromatic rings. The summed E-state index contributed by atoms with van der Waals surface area (Å²) in [6.07, 6.45) is 1.80. The van der Waals surface area contributed by atoms with Crippen LogP contribution in [0.2, 0.25) is 0 Å². The maximum absolute atomic E-state index is 11.9. The van der Waals surface area contributed by atoms with Crippen molar-refractivity contribution in [3.05, 3.63) is 68.5 Å². The Morgan fingerprint density at radius 2 is 2.00 bits per heavy atom. The number of benzene rings is 2. The van der Waals surface area contributed by atoms with E-state index in [1.165, 1.54) is 17.3 Å². The third kappa shape index (κ3) is 4.26. The molecule has 6 heteroatoms. The van der Waals surface area contributed by atoms with Crippen molar-refractivity contribution in [3.8, 4) is 5.75 Å². The van der Waals surface area contributed by atoms with E-state index in [0.29, 0.717) is 15.8 Å². The molecule has 3 nitrogen and oxygen atoms in total. The van der Waals surface area contributed by atoms with E-state index in [0.717, 1.165) is 21.3 Å². The topological polar surface area (TPSA) is 38.3 Å². The minimum Gasteiger partial charge on any atom is -0.488 e. The van der Waals surface area contributed by atoms with Gasteiger partial charge in [0.15, 0.2) is 0 Å². The van der Waals surface area contributed by atoms with Gasteiger partial charge in [-0.05, 0) is 36.8 Å². The largest absolute Gasteiger partial charge is 0.488 e. The monoisotopic (exact) mass is 419 g/mol. The predicted molar refractivity (Wildman–Crippen MR) is 106 cm³/mol. The van der Waals surface area contributed by atoms with E-state index in [1.807, 2.05) is 30.3 Å². The lowest BCUT2D eigenvalue weighted by atomic mass is 10.1. The third-order valence-corrected chi connectivity index (χ3v) is 5.07. The van der Waals surface area contributed by atoms with Gasteiger partial charge in [0.2, 0.25) is 0 Å². The quantitative estimate of drug-likeness (QED) is 0.568. The van der Waals surface area contributed by atoms with E-state index in [4.69, 9.17) is 17.0 Å². The molecule has 122 valence electrons. The van der Waals surface area contributed by atoms with Crippen molar-refractivity contribution in [2.75, 3.05) is 0 Å². The van der Waals surface area contributed by atoms with Crippen LogP contribution >= 0.6 is 39.9 Å². The van der Waals surface area contributed by atoms with Crippen LogP contribution in [0.3, 0.4) is 0 Å². The zero-order valence-corrected chi connectivity index (χ0v) is 16.1. The minimum atomic E-state index is -0.172. The van der Waals surface area contributed by atoms with Crippen molar-refractivity contribution in [1.29, 1.82) is 0 Å². The second-order valence-corrected chi connectivity index (χ2v) is 7.94. The van der Waals surface area contributed by atoms with E-state index < -0.39 is 0 Å². The summed E-state index contributed by atoms with van der Waals surface area (Å²) >= 11 is 9.74. The van der Waals surface area contributed by atoms with Gasteiger partial charge in [-0.1, -0.05) is 69.7 Å². The standard InChI is InChI=1S/C18H14BrNO2S2/c1-11-2-4-12(5-3-11)10-22-15-7-6-14(19)8-13(15)9-16-17(21)20-18(23)24-16/h2-9H,10H2,1H3,(H,20,21,23)/b16-9+. The second kappa shape index (κ2) is 7.51. The number of hydrogen-bond donors (Lipinski definition) is 1. The van der Waals surface area contributed by atoms with Gasteiger partial charge >= 0.3 is 0 Å². The Labute approximate surface area is 158 Å². The highest BCUT2D eigenvalue weighted by atomic mass is 79.9. The summed E-state index contributed by atoms with van der Waals surface area (Å²) in [6, 6.07) is 13.9. The van der Waals surface area contributed by atoms with Gasteiger partial charge in [0.1, 0.15) is 16.7 Å². The minimum absolute atomic E-state index is 0.172. The van der Waals surface area contributed by atoms with Crippen LogP contribution in [0.5, 0.6) is 5.75 Å². The number of hydrogen-bond acceptors (Lipinski definition) is 4. The molecule has 0 saturated carbocycles. The molecule has 1 aliphatic rings. The normalized spacial score (nSPS) is 15.7. The Morgan fingerprint density at radius 3 is 2.67 bits per heavy atom. The lowest BCUT2D eigenvalue weighted by Crippen LogP contribution is -2.17. The lowest BCUT2D eigenvalue weighted by Gasteiger charge is -2.10. The van der Waals surface area contributed by atoms with Gasteiger partial charge in [0.05, 0.1) is 4.91 Å². The van der Waals surface area contributed by atoms with Crippen molar-refractivity contribution in [1.82, 2.24) is 5.32 Å². The van der Waals surface area contributed by atoms with Gasteiger partial charge in [0.25, 0.3) is 5.91 Å². The molecule has 0 spiro atoms. The van der Waals surface area contributed by atoms with Crippen molar-refractivity contribution in [3.63, 3.8) is 0 Å². The van der Waals surface area contributed by atoms with E-state index in [2.05, 4.69) is 40.3 Å². The van der Waals surface area contributed by atoms with Crippen molar-refractivity contribution in [2.45, 2.75) is 13.5 Å². The van der Waals surface area contributed by atoms with Crippen LogP contribution < -0.4 is 10.1 Å². The summed E-state index contributed by atoms with van der Waals surface area (Å²) < 4.78 is 7.35. The first-order chi connectivity index (χ1) is 11.5. The average Bonchev–Trinajstić information content (AvgIpc) is 2.86. The number of nitrogens with one attached hydrogen (secondary N) is 1. The van der Waals surface area contributed by atoms with E-state index >= 15 is 0 Å². The maximum atomic E-state index is 11.9. The Hall–Kier alpha value is -1.63. The highest BCUT2D eigenvalue weighted by molar-refractivity contribution is 9.10. The Bertz CT molecular complexity index is 831. The van der Waals surface area contributed by atoms with Crippen LogP contribution in [0.4, 0.5) is 0 Å². The number of halogens is 1. The van der Waals surface area contributed by atoms with Gasteiger partial charge in [-0.15, -0.1) is 0 Å². The number of aryl methyl sites for hydroxylation is 1. The molecule has 1 aliphatic heterocycles. The number of carbonyl (C=O) groups excluding carboxylic acids is 1. The van der Waals surface area contributed by atoms with Gasteiger partial charge in [-0.3, -0.25) is 4.79 Å². The summed E-state index contributed by atoms with van der Waals surface area (Å²) in [4.78, 5) is 12.4. The van der Waals surface area contributed by atoms with Crippen molar-refractivity contribution in [2.24, 2.45) is 0 Å². The molecule has 0 aromatic heterocycles. The molecule has 0 unspecified atom stereocenters. The zero-order chi connectivity index (χ0) is 17.1. The molecule has 3 rings (SSSR count). The number of thiocarbonyl (C=S) groups is 1. The molecule has 0 radical (unpaired) electrons. The molecule has 0 aliphatic carbocycles. The fourth-order valence-corrected chi connectivity index (χ4v) is 3.59. The number of carbonyl (C=O) groups is 1. The summed E-state index contributed by atoms with van der Waals surface area (Å²) in [5, 5.41) is 2.62. The molecule has 1 saturated heterocycles. The molecule has 24 heavy (non-hydrogen) atoms. The molecular weight excluding hydrogens is 406 g/mol. The zero-order valence-electron chi connectivity index (χ0n) is 12.8. The molecule has 1 fully saturated rings. The molecule has 1 N–H and O–H groups in total. The van der Waals surface area contributed by atoms with Crippen LogP contribution in [-0.4, -0.2) is 10.2 Å². The number of ether oxygens (including phenoxy) is 1. The first-order valence-corrected chi connectivity index (χ1v) is 9.26. The highest BCUT2D eigenvalue weighted by Gasteiger charge is 2.22. The number of amides is 1. The van der Waals surface area contributed by atoms with Crippen molar-refractivity contribution < 1.29 is 9.53 Å². The smallest absolute Gasteiger partial charge is 0.263 e. The number of rotatable bonds is 4. The average molecular weight is 420 g/mol. The molecule has 0 bridgehead atoms. The van der Waals surface area contributed by atoms with Crippen LogP contribution in [0.25, 0.3) is 6.08 Å². The Kier molecular flexibility index (Phi) is 5.38. The summed E-state index contributed by atoms with van der Waals surface area (Å²) in [5.41, 5.74) is 3.14. The summed E-state index contributed by atoms with van der Waals surface area (Å²) in [5.74, 6) is 0.548. The van der Waals surface area contributed by atoms with Crippen LogP contribution in [0.1, 0.15) is 16.7 Å². The molecule has 1 amide bonds. The van der Waals surface area contributed by atoms with E-state index in [1.54, 1.807) is 6.08 Å². The summed E-state index contributed by atoms with van der Waals surface area (Å²) in [7, 11) is 0. The highest BCUT2D eigenvalue weighted by Crippen LogP contribution is 2.31. The predicted octanol–water partition coefficient (Wildman–Crippen LogP) is 4.83. The van der Waals surface area contributed by atoms with Crippen LogP contribution in [0, 0.1) is 6.92 Å². The SMILES string of the molecule is Cc1ccc(COc2ccc(Br)cc2/C=C2/SC(=S)NC2=O)cc1. The van der Waals surface area contributed by atoms with Gasteiger partial charge in [-0.25, -0.2) is 0 Å². The molecule has 0 atom stereocenters. The fourth-order valence-electron chi connectivity index (χ4n) is 2.17. The van der Waals surface area contributed by atoms with Crippen molar-refractivity contribution >= 4 is 56.2 Å². The van der Waals surface area contributed by atoms with Gasteiger partial charge in [0, 0.05) is 10.0 Å². The Balaban J connectivity index is 1.83. The van der Waals surface area contributed by atoms with Crippen LogP contribution in [0.15, 0.2) is 51.8 Å². The van der Waals surface area contributed by atoms with Gasteiger partial charge < -0.3 is 10.1 Å². The lowest BCUT2D eigenvalue weighted by molar-refractivity contribution is -0.115. The Morgan fingerprint density at radius 1 is 1.25 bits per heavy atom. The molecular formula is C18H14BrNO2S2. The third-order valence-electron chi connectivity index (χ3n) is 3.42. The van der Waals surface area contributed by atoms with Crippen LogP contribution in [-0.2, 0) is 11.4 Å². The maximum Gasteiger partial charge on any atom is 0.263 e. The molecule has 1 heterocycles. The molecule has 2 aromatic carbocycles. The van der Waals surface area contributed by atoms with Gasteiger partial charge in [-0.2, -0.15) is 0 Å². The fraction of sp³-hybridized carbons (Fsp3) is 0.111. The first-order valence-electron chi connectivity index (χ1n) is 7.24. The summed E-state index contributed by atoms with van der Waals surface area (Å²) in [6.45, 7) is 2.52. The number of thioether (sulfide) groups is 1. The van der Waals surface area contributed by atoms with E-state index in [9.17, 15) is 4.79 Å². The van der Waals surface area contributed by atoms with E-state index in [-0.39, 0.29) is 5.91 Å². The second-order valence-electron chi connectivity index (χ2n) is 5.31.